The first-order valence-corrected chi connectivity index (χ1v) is 7.85. The highest BCUT2D eigenvalue weighted by molar-refractivity contribution is 5.80. The molecule has 0 spiro atoms. The van der Waals surface area contributed by atoms with E-state index in [4.69, 9.17) is 0 Å². The third-order valence-electron chi connectivity index (χ3n) is 4.06. The summed E-state index contributed by atoms with van der Waals surface area (Å²) in [6.07, 6.45) is 7.77. The van der Waals surface area contributed by atoms with Crippen LogP contribution in [0.3, 0.4) is 0 Å². The summed E-state index contributed by atoms with van der Waals surface area (Å²) in [6.45, 7) is 6.69. The van der Waals surface area contributed by atoms with E-state index in [1.54, 1.807) is 0 Å². The van der Waals surface area contributed by atoms with Gasteiger partial charge in [0.1, 0.15) is 0 Å². The largest absolute Gasteiger partial charge is 0.355 e. The maximum absolute atomic E-state index is 3.57. The van der Waals surface area contributed by atoms with Crippen LogP contribution in [0.4, 0.5) is 11.4 Å². The highest BCUT2D eigenvalue weighted by Crippen LogP contribution is 2.38. The summed E-state index contributed by atoms with van der Waals surface area (Å²) in [5.41, 5.74) is 6.48. The van der Waals surface area contributed by atoms with Crippen molar-refractivity contribution in [3.05, 3.63) is 77.9 Å². The molecule has 1 aliphatic carbocycles. The van der Waals surface area contributed by atoms with Crippen molar-refractivity contribution in [3.8, 4) is 0 Å². The van der Waals surface area contributed by atoms with Gasteiger partial charge < -0.3 is 5.32 Å². The Labute approximate surface area is 133 Å². The van der Waals surface area contributed by atoms with Crippen molar-refractivity contribution in [3.63, 3.8) is 0 Å². The van der Waals surface area contributed by atoms with Crippen molar-refractivity contribution in [2.75, 3.05) is 5.32 Å². The van der Waals surface area contributed by atoms with E-state index in [9.17, 15) is 0 Å². The van der Waals surface area contributed by atoms with Gasteiger partial charge in [-0.1, -0.05) is 62.4 Å². The van der Waals surface area contributed by atoms with E-state index >= 15 is 0 Å². The second kappa shape index (κ2) is 5.84. The quantitative estimate of drug-likeness (QED) is 0.719. The van der Waals surface area contributed by atoms with Crippen LogP contribution in [0.5, 0.6) is 0 Å². The predicted molar refractivity (Wildman–Crippen MR) is 96.4 cm³/mol. The number of allylic oxidation sites excluding steroid dienone is 4. The minimum atomic E-state index is 0.223. The fourth-order valence-corrected chi connectivity index (χ4v) is 2.97. The second-order valence-corrected chi connectivity index (χ2v) is 6.76. The summed E-state index contributed by atoms with van der Waals surface area (Å²) in [5.74, 6) is 0. The van der Waals surface area contributed by atoms with Gasteiger partial charge in [-0.05, 0) is 48.1 Å². The molecule has 2 aromatic rings. The van der Waals surface area contributed by atoms with Crippen LogP contribution in [0.1, 0.15) is 31.4 Å². The Morgan fingerprint density at radius 3 is 2.59 bits per heavy atom. The molecular weight excluding hydrogens is 266 g/mol. The smallest absolute Gasteiger partial charge is 0.0460 e. The number of anilines is 2. The van der Waals surface area contributed by atoms with Crippen molar-refractivity contribution >= 4 is 16.9 Å². The molecule has 1 N–H and O–H groups in total. The number of hydrogen-bond donors (Lipinski definition) is 1. The second-order valence-electron chi connectivity index (χ2n) is 6.76. The molecule has 1 nitrogen and oxygen atoms in total. The number of aryl methyl sites for hydroxylation is 1. The molecule has 0 saturated carbocycles. The molecule has 0 radical (unpaired) electrons. The molecule has 0 fully saturated rings. The number of rotatable bonds is 3. The SMILES string of the molecule is Cc1cccc(Nc2ccccc2C2=CC=CC(C)(C)C2)c1. The van der Waals surface area contributed by atoms with Crippen molar-refractivity contribution in [1.29, 1.82) is 0 Å². The summed E-state index contributed by atoms with van der Waals surface area (Å²) < 4.78 is 0. The molecule has 0 aromatic heterocycles. The number of nitrogens with one attached hydrogen (secondary N) is 1. The topological polar surface area (TPSA) is 12.0 Å². The Hall–Kier alpha value is -2.28. The van der Waals surface area contributed by atoms with Gasteiger partial charge in [-0.2, -0.15) is 0 Å². The molecule has 0 atom stereocenters. The predicted octanol–water partition coefficient (Wildman–Crippen LogP) is 6.11. The van der Waals surface area contributed by atoms with Gasteiger partial charge in [0.05, 0.1) is 0 Å². The zero-order valence-electron chi connectivity index (χ0n) is 13.6. The third-order valence-corrected chi connectivity index (χ3v) is 4.06. The lowest BCUT2D eigenvalue weighted by Crippen LogP contribution is -2.11. The molecule has 0 amide bonds. The number of para-hydroxylation sites is 1. The lowest BCUT2D eigenvalue weighted by atomic mass is 9.79. The molecule has 0 aliphatic heterocycles. The lowest BCUT2D eigenvalue weighted by Gasteiger charge is -2.26. The summed E-state index contributed by atoms with van der Waals surface area (Å²) >= 11 is 0. The van der Waals surface area contributed by atoms with Crippen LogP contribution in [-0.2, 0) is 0 Å². The molecule has 1 aliphatic rings. The molecule has 0 saturated heterocycles. The molecule has 2 aromatic carbocycles. The zero-order chi connectivity index (χ0) is 15.6. The number of benzene rings is 2. The van der Waals surface area contributed by atoms with Gasteiger partial charge in [0.25, 0.3) is 0 Å². The average Bonchev–Trinajstić information content (AvgIpc) is 2.47. The van der Waals surface area contributed by atoms with Crippen LogP contribution in [0.15, 0.2) is 66.8 Å². The molecule has 0 unspecified atom stereocenters. The van der Waals surface area contributed by atoms with Crippen molar-refractivity contribution in [1.82, 2.24) is 0 Å². The molecule has 0 bridgehead atoms. The monoisotopic (exact) mass is 289 g/mol. The van der Waals surface area contributed by atoms with E-state index in [1.807, 2.05) is 0 Å². The summed E-state index contributed by atoms with van der Waals surface area (Å²) in [5, 5.41) is 3.57. The first kappa shape index (κ1) is 14.6. The van der Waals surface area contributed by atoms with Gasteiger partial charge >= 0.3 is 0 Å². The average molecular weight is 289 g/mol. The van der Waals surface area contributed by atoms with Crippen molar-refractivity contribution < 1.29 is 0 Å². The molecular formula is C21H23N. The Kier molecular flexibility index (Phi) is 3.89. The standard InChI is InChI=1S/C21H23N/c1-16-8-6-10-18(14-16)22-20-12-5-4-11-19(20)17-9-7-13-21(2,3)15-17/h4-14,22H,15H2,1-3H3. The fourth-order valence-electron chi connectivity index (χ4n) is 2.97. The molecule has 0 heterocycles. The number of hydrogen-bond acceptors (Lipinski definition) is 1. The van der Waals surface area contributed by atoms with E-state index in [-0.39, 0.29) is 5.41 Å². The van der Waals surface area contributed by atoms with Gasteiger partial charge in [-0.3, -0.25) is 0 Å². The van der Waals surface area contributed by atoms with Gasteiger partial charge in [-0.25, -0.2) is 0 Å². The van der Waals surface area contributed by atoms with Crippen LogP contribution >= 0.6 is 0 Å². The van der Waals surface area contributed by atoms with Crippen molar-refractivity contribution in [2.45, 2.75) is 27.2 Å². The molecule has 22 heavy (non-hydrogen) atoms. The summed E-state index contributed by atoms with van der Waals surface area (Å²) in [7, 11) is 0. The van der Waals surface area contributed by atoms with Crippen LogP contribution in [-0.4, -0.2) is 0 Å². The van der Waals surface area contributed by atoms with Gasteiger partial charge in [0.15, 0.2) is 0 Å². The first-order chi connectivity index (χ1) is 10.5. The minimum absolute atomic E-state index is 0.223. The third kappa shape index (κ3) is 3.30. The minimum Gasteiger partial charge on any atom is -0.355 e. The summed E-state index contributed by atoms with van der Waals surface area (Å²) in [4.78, 5) is 0. The van der Waals surface area contributed by atoms with Crippen LogP contribution in [0.2, 0.25) is 0 Å². The Bertz CT molecular complexity index is 735. The maximum atomic E-state index is 3.57. The zero-order valence-corrected chi connectivity index (χ0v) is 13.6. The van der Waals surface area contributed by atoms with Gasteiger partial charge in [-0.15, -0.1) is 0 Å². The van der Waals surface area contributed by atoms with Gasteiger partial charge in [0.2, 0.25) is 0 Å². The summed E-state index contributed by atoms with van der Waals surface area (Å²) in [6, 6.07) is 17.1. The Balaban J connectivity index is 1.94. The molecule has 1 heteroatoms. The van der Waals surface area contributed by atoms with E-state index in [1.165, 1.54) is 22.4 Å². The highest BCUT2D eigenvalue weighted by atomic mass is 14.9. The normalized spacial score (nSPS) is 16.2. The van der Waals surface area contributed by atoms with Gasteiger partial charge in [0, 0.05) is 16.9 Å². The van der Waals surface area contributed by atoms with E-state index < -0.39 is 0 Å². The maximum Gasteiger partial charge on any atom is 0.0460 e. The van der Waals surface area contributed by atoms with E-state index in [2.05, 4.69) is 92.8 Å². The highest BCUT2D eigenvalue weighted by Gasteiger charge is 2.20. The van der Waals surface area contributed by atoms with Crippen LogP contribution in [0, 0.1) is 12.3 Å². The van der Waals surface area contributed by atoms with Crippen molar-refractivity contribution in [2.24, 2.45) is 5.41 Å². The molecule has 3 rings (SSSR count). The Morgan fingerprint density at radius 2 is 1.82 bits per heavy atom. The first-order valence-electron chi connectivity index (χ1n) is 7.85. The lowest BCUT2D eigenvalue weighted by molar-refractivity contribution is 0.492. The van der Waals surface area contributed by atoms with Crippen LogP contribution < -0.4 is 5.32 Å². The fraction of sp³-hybridized carbons (Fsp3) is 0.238. The van der Waals surface area contributed by atoms with E-state index in [0.717, 1.165) is 12.1 Å². The molecule has 112 valence electrons. The Morgan fingerprint density at radius 1 is 1.00 bits per heavy atom. The van der Waals surface area contributed by atoms with Crippen LogP contribution in [0.25, 0.3) is 5.57 Å². The van der Waals surface area contributed by atoms with E-state index in [0.29, 0.717) is 0 Å².